The zero-order valence-corrected chi connectivity index (χ0v) is 12.7. The molecule has 0 saturated heterocycles. The number of nitrogens with zero attached hydrogens (tertiary/aromatic N) is 1. The predicted molar refractivity (Wildman–Crippen MR) is 78.1 cm³/mol. The third-order valence-corrected chi connectivity index (χ3v) is 4.14. The van der Waals surface area contributed by atoms with Crippen molar-refractivity contribution in [2.24, 2.45) is 0 Å². The van der Waals surface area contributed by atoms with Crippen LogP contribution in [0.2, 0.25) is 5.15 Å². The van der Waals surface area contributed by atoms with Gasteiger partial charge in [-0.1, -0.05) is 30.7 Å². The van der Waals surface area contributed by atoms with E-state index in [2.05, 4.69) is 4.98 Å². The van der Waals surface area contributed by atoms with E-state index in [0.717, 1.165) is 6.20 Å². The Kier molecular flexibility index (Phi) is 4.59. The van der Waals surface area contributed by atoms with E-state index in [9.17, 15) is 13.2 Å². The molecule has 0 aliphatic rings. The Morgan fingerprint density at radius 3 is 2.57 bits per heavy atom. The number of benzene rings is 1. The minimum atomic E-state index is -4.07. The van der Waals surface area contributed by atoms with Crippen molar-refractivity contribution in [2.45, 2.75) is 18.2 Å². The summed E-state index contributed by atoms with van der Waals surface area (Å²) in [5, 5.41) is 0.176. The van der Waals surface area contributed by atoms with Crippen LogP contribution >= 0.6 is 11.6 Å². The van der Waals surface area contributed by atoms with E-state index in [0.29, 0.717) is 0 Å². The molecule has 1 heterocycles. The Balaban J connectivity index is 2.37. The molecule has 0 fully saturated rings. The van der Waals surface area contributed by atoms with Gasteiger partial charge in [0.25, 0.3) is 0 Å². The second kappa shape index (κ2) is 6.24. The lowest BCUT2D eigenvalue weighted by molar-refractivity contribution is 0.0986. The first-order chi connectivity index (χ1) is 9.94. The number of carbonyl (C=O) groups excluding carboxylic acids is 1. The van der Waals surface area contributed by atoms with Gasteiger partial charge in [0.05, 0.1) is 11.8 Å². The maximum Gasteiger partial charge on any atom is 0.340 e. The van der Waals surface area contributed by atoms with Gasteiger partial charge < -0.3 is 4.18 Å². The lowest BCUT2D eigenvalue weighted by Crippen LogP contribution is -2.12. The average molecular weight is 326 g/mol. The van der Waals surface area contributed by atoms with Crippen molar-refractivity contribution in [1.82, 2.24) is 4.98 Å². The van der Waals surface area contributed by atoms with Crippen LogP contribution in [0.4, 0.5) is 0 Å². The fourth-order valence-electron chi connectivity index (χ4n) is 1.64. The van der Waals surface area contributed by atoms with Crippen LogP contribution in [0, 0.1) is 0 Å². The van der Waals surface area contributed by atoms with E-state index in [4.69, 9.17) is 15.8 Å². The molecule has 110 valence electrons. The molecule has 0 aliphatic heterocycles. The first kappa shape index (κ1) is 15.5. The number of Topliss-reactive ketones (excluding diaryl/α,β-unsaturated/α-hetero) is 1. The van der Waals surface area contributed by atoms with Gasteiger partial charge in [0, 0.05) is 6.42 Å². The Labute approximate surface area is 127 Å². The molecule has 0 atom stereocenters. The number of rotatable bonds is 5. The van der Waals surface area contributed by atoms with E-state index in [1.54, 1.807) is 19.1 Å². The normalized spacial score (nSPS) is 11.1. The molecule has 1 aromatic carbocycles. The molecule has 0 radical (unpaired) electrons. The summed E-state index contributed by atoms with van der Waals surface area (Å²) in [5.41, 5.74) is 0.227. The van der Waals surface area contributed by atoms with Crippen LogP contribution in [-0.2, 0) is 10.1 Å². The van der Waals surface area contributed by atoms with Gasteiger partial charge in [-0.2, -0.15) is 8.42 Å². The average Bonchev–Trinajstić information content (AvgIpc) is 2.47. The van der Waals surface area contributed by atoms with Gasteiger partial charge in [0.2, 0.25) is 0 Å². The second-order valence-electron chi connectivity index (χ2n) is 4.13. The lowest BCUT2D eigenvalue weighted by Gasteiger charge is -2.10. The summed E-state index contributed by atoms with van der Waals surface area (Å²) in [5.74, 6) is -0.200. The van der Waals surface area contributed by atoms with Crippen LogP contribution in [0.15, 0.2) is 47.5 Å². The molecular weight excluding hydrogens is 314 g/mol. The van der Waals surface area contributed by atoms with Crippen LogP contribution in [-0.4, -0.2) is 19.2 Å². The van der Waals surface area contributed by atoms with Gasteiger partial charge in [0.1, 0.15) is 10.0 Å². The first-order valence-corrected chi connectivity index (χ1v) is 7.91. The Morgan fingerprint density at radius 2 is 1.95 bits per heavy atom. The Bertz CT molecular complexity index is 757. The number of carbonyl (C=O) groups is 1. The number of para-hydroxylation sites is 1. The molecule has 0 bridgehead atoms. The highest BCUT2D eigenvalue weighted by Gasteiger charge is 2.20. The zero-order valence-electron chi connectivity index (χ0n) is 11.1. The predicted octanol–water partition coefficient (Wildman–Crippen LogP) is 3.10. The van der Waals surface area contributed by atoms with Crippen molar-refractivity contribution >= 4 is 27.5 Å². The van der Waals surface area contributed by atoms with Crippen molar-refractivity contribution in [3.63, 3.8) is 0 Å². The van der Waals surface area contributed by atoms with Gasteiger partial charge in [-0.3, -0.25) is 4.79 Å². The molecule has 0 amide bonds. The SMILES string of the molecule is CCC(=O)c1ccccc1OS(=O)(=O)c1ccc(Cl)nc1. The highest BCUT2D eigenvalue weighted by molar-refractivity contribution is 7.87. The van der Waals surface area contributed by atoms with Gasteiger partial charge in [0.15, 0.2) is 11.5 Å². The number of halogens is 1. The fourth-order valence-corrected chi connectivity index (χ4v) is 2.64. The van der Waals surface area contributed by atoms with Crippen molar-refractivity contribution in [2.75, 3.05) is 0 Å². The number of pyridine rings is 1. The molecule has 21 heavy (non-hydrogen) atoms. The van der Waals surface area contributed by atoms with Crippen molar-refractivity contribution < 1.29 is 17.4 Å². The largest absolute Gasteiger partial charge is 0.378 e. The van der Waals surface area contributed by atoms with E-state index < -0.39 is 10.1 Å². The van der Waals surface area contributed by atoms with E-state index in [1.165, 1.54) is 24.3 Å². The summed E-state index contributed by atoms with van der Waals surface area (Å²) in [6.45, 7) is 1.69. The highest BCUT2D eigenvalue weighted by Crippen LogP contribution is 2.24. The standard InChI is InChI=1S/C14H12ClNO4S/c1-2-12(17)11-5-3-4-6-13(11)20-21(18,19)10-7-8-14(15)16-9-10/h3-9H,2H2,1H3. The van der Waals surface area contributed by atoms with Crippen molar-refractivity contribution in [3.8, 4) is 5.75 Å². The monoisotopic (exact) mass is 325 g/mol. The maximum absolute atomic E-state index is 12.2. The summed E-state index contributed by atoms with van der Waals surface area (Å²) in [6, 6.07) is 8.83. The van der Waals surface area contributed by atoms with E-state index >= 15 is 0 Å². The molecule has 0 N–H and O–H groups in total. The fraction of sp³-hybridized carbons (Fsp3) is 0.143. The summed E-state index contributed by atoms with van der Waals surface area (Å²) in [7, 11) is -4.07. The van der Waals surface area contributed by atoms with Crippen LogP contribution < -0.4 is 4.18 Å². The van der Waals surface area contributed by atoms with Gasteiger partial charge in [-0.15, -0.1) is 0 Å². The van der Waals surface area contributed by atoms with Crippen molar-refractivity contribution in [3.05, 3.63) is 53.3 Å². The number of aromatic nitrogens is 1. The summed E-state index contributed by atoms with van der Waals surface area (Å²) in [6.07, 6.45) is 1.35. The summed E-state index contributed by atoms with van der Waals surface area (Å²) in [4.78, 5) is 15.4. The Morgan fingerprint density at radius 1 is 1.24 bits per heavy atom. The van der Waals surface area contributed by atoms with E-state index in [1.807, 2.05) is 0 Å². The molecule has 5 nitrogen and oxygen atoms in total. The summed E-state index contributed by atoms with van der Waals surface area (Å²) < 4.78 is 29.4. The Hall–Kier alpha value is -1.92. The number of ketones is 1. The van der Waals surface area contributed by atoms with E-state index in [-0.39, 0.29) is 33.6 Å². The van der Waals surface area contributed by atoms with Crippen LogP contribution in [0.3, 0.4) is 0 Å². The molecule has 2 rings (SSSR count). The molecule has 0 saturated carbocycles. The van der Waals surface area contributed by atoms with Crippen LogP contribution in [0.1, 0.15) is 23.7 Å². The maximum atomic E-state index is 12.2. The molecular formula is C14H12ClNO4S. The van der Waals surface area contributed by atoms with Gasteiger partial charge in [-0.05, 0) is 24.3 Å². The molecule has 0 aliphatic carbocycles. The minimum Gasteiger partial charge on any atom is -0.378 e. The van der Waals surface area contributed by atoms with Gasteiger partial charge in [-0.25, -0.2) is 4.98 Å². The quantitative estimate of drug-likeness (QED) is 0.480. The molecule has 2 aromatic rings. The molecule has 1 aromatic heterocycles. The third kappa shape index (κ3) is 3.59. The molecule has 0 spiro atoms. The first-order valence-electron chi connectivity index (χ1n) is 6.12. The molecule has 0 unspecified atom stereocenters. The summed E-state index contributed by atoms with van der Waals surface area (Å²) >= 11 is 5.62. The van der Waals surface area contributed by atoms with Crippen LogP contribution in [0.5, 0.6) is 5.75 Å². The third-order valence-electron chi connectivity index (χ3n) is 2.70. The number of hydrogen-bond donors (Lipinski definition) is 0. The second-order valence-corrected chi connectivity index (χ2v) is 6.06. The topological polar surface area (TPSA) is 73.3 Å². The van der Waals surface area contributed by atoms with Crippen molar-refractivity contribution in [1.29, 1.82) is 0 Å². The van der Waals surface area contributed by atoms with Crippen LogP contribution in [0.25, 0.3) is 0 Å². The molecule has 7 heteroatoms. The smallest absolute Gasteiger partial charge is 0.340 e. The lowest BCUT2D eigenvalue weighted by atomic mass is 10.1. The highest BCUT2D eigenvalue weighted by atomic mass is 35.5. The number of hydrogen-bond acceptors (Lipinski definition) is 5. The zero-order chi connectivity index (χ0) is 15.5. The minimum absolute atomic E-state index is 0.000648. The van der Waals surface area contributed by atoms with Gasteiger partial charge >= 0.3 is 10.1 Å².